The fourth-order valence-corrected chi connectivity index (χ4v) is 2.91. The van der Waals surface area contributed by atoms with Crippen molar-refractivity contribution in [2.24, 2.45) is 0 Å². The summed E-state index contributed by atoms with van der Waals surface area (Å²) in [7, 11) is 4.32. The average molecular weight is 458 g/mol. The number of thiocarbonyl (C=S) groups is 1. The smallest absolute Gasteiger partial charge is 0.271 e. The van der Waals surface area contributed by atoms with Gasteiger partial charge in [0, 0.05) is 10.6 Å². The van der Waals surface area contributed by atoms with Crippen LogP contribution in [0, 0.1) is 0 Å². The second kappa shape index (κ2) is 10.1. The molecular weight excluding hydrogens is 441 g/mol. The highest BCUT2D eigenvalue weighted by atomic mass is 35.5. The van der Waals surface area contributed by atoms with Crippen molar-refractivity contribution in [1.29, 1.82) is 0 Å². The summed E-state index contributed by atoms with van der Waals surface area (Å²) in [5, 5.41) is 2.86. The van der Waals surface area contributed by atoms with Crippen LogP contribution in [0.4, 0.5) is 0 Å². The molecule has 0 aliphatic rings. The Balaban J connectivity index is 2.03. The monoisotopic (exact) mass is 457 g/mol. The lowest BCUT2D eigenvalue weighted by Gasteiger charge is -2.15. The summed E-state index contributed by atoms with van der Waals surface area (Å²) >= 11 is 16.8. The third kappa shape index (κ3) is 5.63. The molecule has 154 valence electrons. The lowest BCUT2D eigenvalue weighted by molar-refractivity contribution is 0.0934. The number of ether oxygens (including phenoxy) is 3. The Kier molecular flexibility index (Phi) is 7.89. The Morgan fingerprint density at radius 3 is 2.03 bits per heavy atom. The number of hydrogen-bond acceptors (Lipinski definition) is 6. The maximum Gasteiger partial charge on any atom is 0.271 e. The molecule has 8 nitrogen and oxygen atoms in total. The molecule has 0 spiro atoms. The molecule has 0 saturated heterocycles. The molecular formula is C18H17Cl2N3O5S. The lowest BCUT2D eigenvalue weighted by atomic mass is 10.1. The van der Waals surface area contributed by atoms with Crippen molar-refractivity contribution in [1.82, 2.24) is 16.2 Å². The summed E-state index contributed by atoms with van der Waals surface area (Å²) in [6, 6.07) is 7.34. The zero-order chi connectivity index (χ0) is 21.6. The van der Waals surface area contributed by atoms with Crippen molar-refractivity contribution < 1.29 is 23.8 Å². The number of nitrogens with one attached hydrogen (secondary N) is 3. The van der Waals surface area contributed by atoms with Gasteiger partial charge in [-0.2, -0.15) is 0 Å². The van der Waals surface area contributed by atoms with Gasteiger partial charge in [-0.1, -0.05) is 23.2 Å². The van der Waals surface area contributed by atoms with E-state index in [-0.39, 0.29) is 21.3 Å². The van der Waals surface area contributed by atoms with E-state index in [2.05, 4.69) is 16.2 Å². The number of hydrazine groups is 1. The molecule has 0 saturated carbocycles. The summed E-state index contributed by atoms with van der Waals surface area (Å²) in [6.45, 7) is 0. The van der Waals surface area contributed by atoms with Gasteiger partial charge in [0.2, 0.25) is 5.75 Å². The number of benzene rings is 2. The van der Waals surface area contributed by atoms with Crippen molar-refractivity contribution in [2.45, 2.75) is 0 Å². The summed E-state index contributed by atoms with van der Waals surface area (Å²) in [4.78, 5) is 24.6. The van der Waals surface area contributed by atoms with E-state index < -0.39 is 11.8 Å². The van der Waals surface area contributed by atoms with Crippen LogP contribution in [0.25, 0.3) is 0 Å². The molecule has 2 amide bonds. The first-order chi connectivity index (χ1) is 13.8. The molecule has 0 fully saturated rings. The summed E-state index contributed by atoms with van der Waals surface area (Å²) in [6.07, 6.45) is 0. The van der Waals surface area contributed by atoms with E-state index in [1.807, 2.05) is 0 Å². The van der Waals surface area contributed by atoms with Crippen molar-refractivity contribution >= 4 is 52.3 Å². The highest BCUT2D eigenvalue weighted by Crippen LogP contribution is 2.38. The number of halogens is 2. The second-order valence-electron chi connectivity index (χ2n) is 5.40. The van der Waals surface area contributed by atoms with Crippen molar-refractivity contribution in [3.05, 3.63) is 51.5 Å². The maximum absolute atomic E-state index is 12.5. The molecule has 2 aromatic carbocycles. The van der Waals surface area contributed by atoms with Gasteiger partial charge in [0.15, 0.2) is 16.6 Å². The molecule has 0 aliphatic carbocycles. The zero-order valence-corrected chi connectivity index (χ0v) is 17.9. The summed E-state index contributed by atoms with van der Waals surface area (Å²) in [5.74, 6) is -0.154. The van der Waals surface area contributed by atoms with Gasteiger partial charge in [-0.05, 0) is 42.5 Å². The molecule has 29 heavy (non-hydrogen) atoms. The Morgan fingerprint density at radius 1 is 0.897 bits per heavy atom. The number of rotatable bonds is 5. The molecule has 0 unspecified atom stereocenters. The van der Waals surface area contributed by atoms with Crippen LogP contribution in [-0.4, -0.2) is 38.3 Å². The van der Waals surface area contributed by atoms with Gasteiger partial charge in [0.1, 0.15) is 0 Å². The van der Waals surface area contributed by atoms with E-state index in [4.69, 9.17) is 49.6 Å². The molecule has 0 radical (unpaired) electrons. The largest absolute Gasteiger partial charge is 0.493 e. The van der Waals surface area contributed by atoms with Gasteiger partial charge in [0.05, 0.1) is 31.9 Å². The predicted molar refractivity (Wildman–Crippen MR) is 113 cm³/mol. The Hall–Kier alpha value is -2.75. The minimum absolute atomic E-state index is 0.137. The molecule has 0 heterocycles. The number of hydrogen-bond donors (Lipinski definition) is 3. The van der Waals surface area contributed by atoms with Gasteiger partial charge in [-0.25, -0.2) is 0 Å². The highest BCUT2D eigenvalue weighted by Gasteiger charge is 2.18. The van der Waals surface area contributed by atoms with Crippen molar-refractivity contribution in [3.63, 3.8) is 0 Å². The number of carbonyl (C=O) groups excluding carboxylic acids is 2. The van der Waals surface area contributed by atoms with E-state index in [0.29, 0.717) is 22.3 Å². The van der Waals surface area contributed by atoms with E-state index in [9.17, 15) is 9.59 Å². The second-order valence-corrected chi connectivity index (χ2v) is 6.65. The van der Waals surface area contributed by atoms with Crippen molar-refractivity contribution in [3.8, 4) is 17.2 Å². The van der Waals surface area contributed by atoms with Gasteiger partial charge in [0.25, 0.3) is 11.8 Å². The first-order valence-electron chi connectivity index (χ1n) is 7.97. The van der Waals surface area contributed by atoms with E-state index in [1.54, 1.807) is 0 Å². The topological polar surface area (TPSA) is 97.9 Å². The van der Waals surface area contributed by atoms with Gasteiger partial charge < -0.3 is 14.2 Å². The molecule has 2 aromatic rings. The number of carbonyl (C=O) groups is 2. The molecule has 11 heteroatoms. The van der Waals surface area contributed by atoms with E-state index >= 15 is 0 Å². The number of methoxy groups -OCH3 is 3. The first-order valence-corrected chi connectivity index (χ1v) is 9.13. The number of amides is 2. The molecule has 2 rings (SSSR count). The van der Waals surface area contributed by atoms with E-state index in [0.717, 1.165) is 0 Å². The predicted octanol–water partition coefficient (Wildman–Crippen LogP) is 2.97. The molecule has 0 bridgehead atoms. The Labute approximate surface area is 182 Å². The van der Waals surface area contributed by atoms with Gasteiger partial charge in [-0.3, -0.25) is 25.8 Å². The zero-order valence-electron chi connectivity index (χ0n) is 15.6. The SMILES string of the molecule is COc1cc(C(=O)NC(=S)NNC(=O)c2ccc(Cl)cc2Cl)cc(OC)c1OC. The fourth-order valence-electron chi connectivity index (χ4n) is 2.27. The minimum atomic E-state index is -0.559. The fraction of sp³-hybridized carbons (Fsp3) is 0.167. The van der Waals surface area contributed by atoms with Crippen LogP contribution < -0.4 is 30.4 Å². The van der Waals surface area contributed by atoms with Gasteiger partial charge in [-0.15, -0.1) is 0 Å². The molecule has 3 N–H and O–H groups in total. The highest BCUT2D eigenvalue weighted by molar-refractivity contribution is 7.80. The standard InChI is InChI=1S/C18H17Cl2N3O5S/c1-26-13-6-9(7-14(27-2)15(13)28-3)16(24)21-18(29)23-22-17(25)11-5-4-10(19)8-12(11)20/h4-8H,1-3H3,(H,22,25)(H2,21,23,24,29). The van der Waals surface area contributed by atoms with Crippen LogP contribution in [0.5, 0.6) is 17.2 Å². The van der Waals surface area contributed by atoms with Crippen LogP contribution in [-0.2, 0) is 0 Å². The lowest BCUT2D eigenvalue weighted by Crippen LogP contribution is -2.48. The average Bonchev–Trinajstić information content (AvgIpc) is 2.70. The van der Waals surface area contributed by atoms with Gasteiger partial charge >= 0.3 is 0 Å². The molecule has 0 aromatic heterocycles. The normalized spacial score (nSPS) is 9.97. The van der Waals surface area contributed by atoms with Crippen LogP contribution in [0.15, 0.2) is 30.3 Å². The van der Waals surface area contributed by atoms with E-state index in [1.165, 1.54) is 51.7 Å². The Morgan fingerprint density at radius 2 is 1.52 bits per heavy atom. The van der Waals surface area contributed by atoms with Crippen LogP contribution in [0.2, 0.25) is 10.0 Å². The quantitative estimate of drug-likeness (QED) is 0.468. The summed E-state index contributed by atoms with van der Waals surface area (Å²) in [5.41, 5.74) is 5.15. The summed E-state index contributed by atoms with van der Waals surface area (Å²) < 4.78 is 15.6. The van der Waals surface area contributed by atoms with Crippen LogP contribution >= 0.6 is 35.4 Å². The van der Waals surface area contributed by atoms with Crippen LogP contribution in [0.1, 0.15) is 20.7 Å². The molecule has 0 atom stereocenters. The third-order valence-corrected chi connectivity index (χ3v) is 4.37. The maximum atomic E-state index is 12.5. The Bertz CT molecular complexity index is 930. The third-order valence-electron chi connectivity index (χ3n) is 3.62. The van der Waals surface area contributed by atoms with Crippen LogP contribution in [0.3, 0.4) is 0 Å². The minimum Gasteiger partial charge on any atom is -0.493 e. The molecule has 0 aliphatic heterocycles. The first kappa shape index (κ1) is 22.5. The van der Waals surface area contributed by atoms with Crippen molar-refractivity contribution in [2.75, 3.05) is 21.3 Å².